The Morgan fingerprint density at radius 1 is 0.917 bits per heavy atom. The number of Topliss-reactive ketones (excluding diaryl/α,β-unsaturated/α-hetero) is 3. The molecule has 5 atom stereocenters. The van der Waals surface area contributed by atoms with Crippen LogP contribution in [0.2, 0.25) is 0 Å². The first-order valence-corrected chi connectivity index (χ1v) is 10.9. The number of carboxylic acids is 3. The van der Waals surface area contributed by atoms with Gasteiger partial charge in [0.05, 0.1) is 30.9 Å². The van der Waals surface area contributed by atoms with Crippen LogP contribution in [0, 0.1) is 11.3 Å². The molecule has 1 heterocycles. The van der Waals surface area contributed by atoms with Crippen molar-refractivity contribution < 1.29 is 44.1 Å². The van der Waals surface area contributed by atoms with E-state index in [-0.39, 0.29) is 6.42 Å². The standard InChI is InChI=1S/C21H32N6O9/c1-9(2)20(17(33)13(24)6-15(30)31,16(32)12(23)5-10-7-26-8-27-10)21(25,19(35)36)18(34)11(22)3-4-14(28)29/h7-9,11-13H,3-6,22-25H2,1-2H3,(H,26,27)(H,28,29)(H,30,31)(H,35,36). The molecule has 0 aromatic carbocycles. The van der Waals surface area contributed by atoms with E-state index in [9.17, 15) is 33.9 Å². The SMILES string of the molecule is CC(C)C(C(=O)C(N)CC(=O)O)(C(=O)C(N)Cc1cnc[nH]1)C(N)(C(=O)O)C(=O)C(N)CCC(=O)O. The number of hydrogen-bond acceptors (Lipinski definition) is 11. The lowest BCUT2D eigenvalue weighted by Gasteiger charge is -2.47. The Kier molecular flexibility index (Phi) is 10.1. The van der Waals surface area contributed by atoms with Gasteiger partial charge in [-0.2, -0.15) is 0 Å². The van der Waals surface area contributed by atoms with Crippen LogP contribution in [0.15, 0.2) is 12.5 Å². The molecule has 0 aliphatic rings. The number of aliphatic carboxylic acids is 3. The van der Waals surface area contributed by atoms with E-state index in [4.69, 9.17) is 33.1 Å². The van der Waals surface area contributed by atoms with Gasteiger partial charge in [0.25, 0.3) is 0 Å². The van der Waals surface area contributed by atoms with Crippen molar-refractivity contribution in [2.75, 3.05) is 0 Å². The summed E-state index contributed by atoms with van der Waals surface area (Å²) in [4.78, 5) is 82.3. The number of H-pyrrole nitrogens is 1. The average molecular weight is 513 g/mol. The van der Waals surface area contributed by atoms with Crippen molar-refractivity contribution in [1.82, 2.24) is 9.97 Å². The molecule has 0 radical (unpaired) electrons. The maximum Gasteiger partial charge on any atom is 0.333 e. The fourth-order valence-electron chi connectivity index (χ4n) is 4.30. The third-order valence-electron chi connectivity index (χ3n) is 6.06. The highest BCUT2D eigenvalue weighted by Crippen LogP contribution is 2.43. The predicted octanol–water partition coefficient (Wildman–Crippen LogP) is -2.59. The van der Waals surface area contributed by atoms with E-state index in [0.717, 1.165) is 0 Å². The number of rotatable bonds is 16. The smallest absolute Gasteiger partial charge is 0.333 e. The molecule has 15 heteroatoms. The monoisotopic (exact) mass is 512 g/mol. The van der Waals surface area contributed by atoms with Crippen molar-refractivity contribution in [2.24, 2.45) is 34.3 Å². The van der Waals surface area contributed by atoms with Gasteiger partial charge in [0.2, 0.25) is 0 Å². The van der Waals surface area contributed by atoms with Crippen molar-refractivity contribution >= 4 is 35.3 Å². The zero-order chi connectivity index (χ0) is 28.0. The van der Waals surface area contributed by atoms with Crippen LogP contribution in [0.5, 0.6) is 0 Å². The second-order valence-corrected chi connectivity index (χ2v) is 8.80. The van der Waals surface area contributed by atoms with Gasteiger partial charge in [-0.1, -0.05) is 13.8 Å². The Morgan fingerprint density at radius 3 is 1.89 bits per heavy atom. The van der Waals surface area contributed by atoms with Crippen LogP contribution in [0.3, 0.4) is 0 Å². The molecule has 0 aliphatic heterocycles. The Bertz CT molecular complexity index is 1010. The number of carbonyl (C=O) groups excluding carboxylic acids is 3. The molecular weight excluding hydrogens is 480 g/mol. The minimum atomic E-state index is -3.37. The first kappa shape index (κ1) is 30.5. The molecule has 15 nitrogen and oxygen atoms in total. The largest absolute Gasteiger partial charge is 0.481 e. The van der Waals surface area contributed by atoms with Crippen molar-refractivity contribution in [2.45, 2.75) is 63.2 Å². The molecule has 0 spiro atoms. The van der Waals surface area contributed by atoms with E-state index < -0.39 is 89.5 Å². The molecular formula is C21H32N6O9. The van der Waals surface area contributed by atoms with E-state index in [1.54, 1.807) is 0 Å². The molecule has 0 saturated heterocycles. The average Bonchev–Trinajstić information content (AvgIpc) is 3.28. The number of imidazole rings is 1. The van der Waals surface area contributed by atoms with Crippen LogP contribution in [-0.2, 0) is 35.2 Å². The summed E-state index contributed by atoms with van der Waals surface area (Å²) in [6, 6.07) is -5.36. The molecule has 5 unspecified atom stereocenters. The van der Waals surface area contributed by atoms with Crippen LogP contribution in [0.1, 0.15) is 38.8 Å². The van der Waals surface area contributed by atoms with E-state index in [2.05, 4.69) is 9.97 Å². The molecule has 0 fully saturated rings. The number of nitrogens with two attached hydrogens (primary N) is 4. The predicted molar refractivity (Wildman–Crippen MR) is 122 cm³/mol. The minimum absolute atomic E-state index is 0.274. The fourth-order valence-corrected chi connectivity index (χ4v) is 4.30. The topological polar surface area (TPSA) is 296 Å². The minimum Gasteiger partial charge on any atom is -0.481 e. The highest BCUT2D eigenvalue weighted by atomic mass is 16.4. The summed E-state index contributed by atoms with van der Waals surface area (Å²) in [6.07, 6.45) is 0.123. The molecule has 0 amide bonds. The van der Waals surface area contributed by atoms with Crippen molar-refractivity contribution in [3.63, 3.8) is 0 Å². The first-order valence-electron chi connectivity index (χ1n) is 10.9. The van der Waals surface area contributed by atoms with Gasteiger partial charge in [-0.15, -0.1) is 0 Å². The Morgan fingerprint density at radius 2 is 1.47 bits per heavy atom. The number of aromatic nitrogens is 2. The lowest BCUT2D eigenvalue weighted by atomic mass is 9.53. The molecule has 1 aromatic heterocycles. The summed E-state index contributed by atoms with van der Waals surface area (Å²) in [6.45, 7) is 2.46. The third kappa shape index (κ3) is 5.81. The molecule has 200 valence electrons. The van der Waals surface area contributed by atoms with E-state index in [1.165, 1.54) is 26.4 Å². The van der Waals surface area contributed by atoms with Gasteiger partial charge in [0, 0.05) is 24.7 Å². The zero-order valence-electron chi connectivity index (χ0n) is 19.8. The Balaban J connectivity index is 3.87. The quantitative estimate of drug-likeness (QED) is 0.105. The van der Waals surface area contributed by atoms with Gasteiger partial charge in [0.15, 0.2) is 22.9 Å². The van der Waals surface area contributed by atoms with Gasteiger partial charge < -0.3 is 43.2 Å². The zero-order valence-corrected chi connectivity index (χ0v) is 19.8. The molecule has 0 saturated carbocycles. The van der Waals surface area contributed by atoms with Crippen molar-refractivity contribution in [3.05, 3.63) is 18.2 Å². The van der Waals surface area contributed by atoms with Crippen LogP contribution in [0.25, 0.3) is 0 Å². The van der Waals surface area contributed by atoms with Crippen molar-refractivity contribution in [3.8, 4) is 0 Å². The number of nitrogens with one attached hydrogen (secondary N) is 1. The molecule has 1 aromatic rings. The Labute approximate surface area is 205 Å². The summed E-state index contributed by atoms with van der Waals surface area (Å²) >= 11 is 0. The van der Waals surface area contributed by atoms with Gasteiger partial charge in [-0.25, -0.2) is 9.78 Å². The van der Waals surface area contributed by atoms with Gasteiger partial charge in [0.1, 0.15) is 5.41 Å². The van der Waals surface area contributed by atoms with Crippen molar-refractivity contribution in [1.29, 1.82) is 0 Å². The normalized spacial score (nSPS) is 17.3. The van der Waals surface area contributed by atoms with Gasteiger partial charge in [-0.3, -0.25) is 24.0 Å². The molecule has 12 N–H and O–H groups in total. The number of carbonyl (C=O) groups is 6. The second kappa shape index (κ2) is 11.9. The number of hydrogen-bond donors (Lipinski definition) is 8. The molecule has 36 heavy (non-hydrogen) atoms. The molecule has 0 aliphatic carbocycles. The van der Waals surface area contributed by atoms with Crippen LogP contribution in [0.4, 0.5) is 0 Å². The summed E-state index contributed by atoms with van der Waals surface area (Å²) in [5.74, 6) is -10.6. The molecule has 0 bridgehead atoms. The maximum absolute atomic E-state index is 13.9. The van der Waals surface area contributed by atoms with Crippen LogP contribution < -0.4 is 22.9 Å². The van der Waals surface area contributed by atoms with E-state index in [0.29, 0.717) is 5.69 Å². The lowest BCUT2D eigenvalue weighted by Crippen LogP contribution is -2.78. The summed E-state index contributed by atoms with van der Waals surface area (Å²) in [7, 11) is 0. The highest BCUT2D eigenvalue weighted by Gasteiger charge is 2.70. The van der Waals surface area contributed by atoms with Gasteiger partial charge >= 0.3 is 17.9 Å². The lowest BCUT2D eigenvalue weighted by molar-refractivity contribution is -0.170. The van der Waals surface area contributed by atoms with E-state index in [1.807, 2.05) is 0 Å². The number of nitrogens with zero attached hydrogens (tertiary/aromatic N) is 1. The van der Waals surface area contributed by atoms with Crippen LogP contribution >= 0.6 is 0 Å². The van der Waals surface area contributed by atoms with Gasteiger partial charge in [-0.05, 0) is 12.3 Å². The number of ketones is 3. The number of aromatic amines is 1. The number of carboxylic acid groups (broad SMARTS) is 3. The molecule has 1 rings (SSSR count). The first-order chi connectivity index (χ1) is 16.5. The van der Waals surface area contributed by atoms with E-state index >= 15 is 0 Å². The fraction of sp³-hybridized carbons (Fsp3) is 0.571. The summed E-state index contributed by atoms with van der Waals surface area (Å²) in [5.41, 5.74) is 17.8. The summed E-state index contributed by atoms with van der Waals surface area (Å²) in [5, 5.41) is 28.2. The highest BCUT2D eigenvalue weighted by molar-refractivity contribution is 6.25. The second-order valence-electron chi connectivity index (χ2n) is 8.80. The summed E-state index contributed by atoms with van der Waals surface area (Å²) < 4.78 is 0. The Hall–Kier alpha value is -3.53. The van der Waals surface area contributed by atoms with Crippen LogP contribution in [-0.4, -0.2) is 84.2 Å². The maximum atomic E-state index is 13.9. The third-order valence-corrected chi connectivity index (χ3v) is 6.06.